The van der Waals surface area contributed by atoms with Crippen LogP contribution in [-0.4, -0.2) is 21.4 Å². The van der Waals surface area contributed by atoms with E-state index in [1.807, 2.05) is 25.5 Å². The van der Waals surface area contributed by atoms with Crippen LogP contribution in [0.1, 0.15) is 33.6 Å². The lowest BCUT2D eigenvalue weighted by Crippen LogP contribution is -2.27. The van der Waals surface area contributed by atoms with Gasteiger partial charge in [0, 0.05) is 42.0 Å². The number of carboxylic acid groups (broad SMARTS) is 1. The van der Waals surface area contributed by atoms with Crippen molar-refractivity contribution in [3.63, 3.8) is 0 Å². The molecule has 3 rings (SSSR count). The highest BCUT2D eigenvalue weighted by Crippen LogP contribution is 2.35. The molecule has 0 radical (unpaired) electrons. The maximum atomic E-state index is 12.4. The molecule has 0 spiro atoms. The van der Waals surface area contributed by atoms with E-state index >= 15 is 0 Å². The van der Waals surface area contributed by atoms with Gasteiger partial charge in [0.25, 0.3) is 0 Å². The fourth-order valence-electron chi connectivity index (χ4n) is 3.34. The van der Waals surface area contributed by atoms with Crippen LogP contribution in [0.2, 0.25) is 0 Å². The molecule has 104 valence electrons. The Morgan fingerprint density at radius 2 is 2.00 bits per heavy atom. The number of carbonyl (C=O) groups excluding carboxylic acids is 1. The van der Waals surface area contributed by atoms with E-state index in [9.17, 15) is 14.7 Å². The predicted octanol–water partition coefficient (Wildman–Crippen LogP) is 2.62. The van der Waals surface area contributed by atoms with Gasteiger partial charge in [-0.25, -0.2) is 0 Å². The van der Waals surface area contributed by atoms with E-state index in [-0.39, 0.29) is 12.2 Å². The Morgan fingerprint density at radius 3 is 2.65 bits per heavy atom. The molecule has 2 aromatic rings. The number of nitrogens with zero attached hydrogens (tertiary/aromatic N) is 1. The SMILES string of the molecule is Cc1cc(C)c2c3c(n(C)c2c1)CC(C(=O)O)CC3=O. The van der Waals surface area contributed by atoms with Crippen LogP contribution in [0.4, 0.5) is 0 Å². The van der Waals surface area contributed by atoms with E-state index in [0.29, 0.717) is 6.42 Å². The molecule has 0 saturated heterocycles. The lowest BCUT2D eigenvalue weighted by Gasteiger charge is -2.19. The molecule has 1 aliphatic rings. The van der Waals surface area contributed by atoms with E-state index in [1.165, 1.54) is 0 Å². The molecular weight excluding hydrogens is 254 g/mol. The highest BCUT2D eigenvalue weighted by atomic mass is 16.4. The summed E-state index contributed by atoms with van der Waals surface area (Å²) in [5.41, 5.74) is 4.84. The van der Waals surface area contributed by atoms with Crippen molar-refractivity contribution in [2.75, 3.05) is 0 Å². The second-order valence-electron chi connectivity index (χ2n) is 5.72. The standard InChI is InChI=1S/C16H17NO3/c1-8-4-9(2)14-11(5-8)17(3)12-6-10(16(19)20)7-13(18)15(12)14/h4-5,10H,6-7H2,1-3H3,(H,19,20). The number of hydrogen-bond acceptors (Lipinski definition) is 2. The minimum absolute atomic E-state index is 0.0452. The molecule has 1 aromatic heterocycles. The van der Waals surface area contributed by atoms with Crippen molar-refractivity contribution in [2.45, 2.75) is 26.7 Å². The van der Waals surface area contributed by atoms with Crippen molar-refractivity contribution in [3.05, 3.63) is 34.5 Å². The minimum Gasteiger partial charge on any atom is -0.481 e. The third-order valence-electron chi connectivity index (χ3n) is 4.26. The molecule has 1 aliphatic carbocycles. The van der Waals surface area contributed by atoms with E-state index in [1.54, 1.807) is 0 Å². The Bertz CT molecular complexity index is 755. The zero-order valence-corrected chi connectivity index (χ0v) is 11.9. The first-order valence-corrected chi connectivity index (χ1v) is 6.74. The summed E-state index contributed by atoms with van der Waals surface area (Å²) in [6.07, 6.45) is 0.537. The fraction of sp³-hybridized carbons (Fsp3) is 0.375. The maximum Gasteiger partial charge on any atom is 0.307 e. The smallest absolute Gasteiger partial charge is 0.307 e. The van der Waals surface area contributed by atoms with Gasteiger partial charge in [-0.1, -0.05) is 6.07 Å². The third-order valence-corrected chi connectivity index (χ3v) is 4.26. The van der Waals surface area contributed by atoms with Gasteiger partial charge in [0.05, 0.1) is 5.92 Å². The van der Waals surface area contributed by atoms with Crippen LogP contribution >= 0.6 is 0 Å². The van der Waals surface area contributed by atoms with Gasteiger partial charge < -0.3 is 9.67 Å². The van der Waals surface area contributed by atoms with Crippen LogP contribution in [0, 0.1) is 19.8 Å². The fourth-order valence-corrected chi connectivity index (χ4v) is 3.34. The van der Waals surface area contributed by atoms with Crippen molar-refractivity contribution in [1.29, 1.82) is 0 Å². The van der Waals surface area contributed by atoms with Crippen molar-refractivity contribution in [3.8, 4) is 0 Å². The monoisotopic (exact) mass is 271 g/mol. The van der Waals surface area contributed by atoms with Gasteiger partial charge in [-0.15, -0.1) is 0 Å². The van der Waals surface area contributed by atoms with Gasteiger partial charge in [-0.2, -0.15) is 0 Å². The molecule has 1 heterocycles. The van der Waals surface area contributed by atoms with Crippen LogP contribution in [0.3, 0.4) is 0 Å². The topological polar surface area (TPSA) is 59.3 Å². The van der Waals surface area contributed by atoms with E-state index in [0.717, 1.165) is 33.3 Å². The molecule has 1 atom stereocenters. The molecule has 0 fully saturated rings. The Morgan fingerprint density at radius 1 is 1.30 bits per heavy atom. The van der Waals surface area contributed by atoms with Gasteiger partial charge in [0.2, 0.25) is 0 Å². The van der Waals surface area contributed by atoms with Crippen LogP contribution < -0.4 is 0 Å². The summed E-state index contributed by atoms with van der Waals surface area (Å²) in [6.45, 7) is 4.03. The zero-order chi connectivity index (χ0) is 14.6. The van der Waals surface area contributed by atoms with Crippen LogP contribution in [-0.2, 0) is 18.3 Å². The number of fused-ring (bicyclic) bond motifs is 3. The number of hydrogen-bond donors (Lipinski definition) is 1. The van der Waals surface area contributed by atoms with Gasteiger partial charge >= 0.3 is 5.97 Å². The van der Waals surface area contributed by atoms with Gasteiger partial charge in [0.15, 0.2) is 5.78 Å². The summed E-state index contributed by atoms with van der Waals surface area (Å²) in [7, 11) is 1.91. The number of benzene rings is 1. The van der Waals surface area contributed by atoms with Crippen molar-refractivity contribution < 1.29 is 14.7 Å². The predicted molar refractivity (Wildman–Crippen MR) is 76.2 cm³/mol. The van der Waals surface area contributed by atoms with Crippen molar-refractivity contribution in [1.82, 2.24) is 4.57 Å². The number of ketones is 1. The number of aryl methyl sites for hydroxylation is 3. The summed E-state index contributed by atoms with van der Waals surface area (Å²) in [5, 5.41) is 10.2. The quantitative estimate of drug-likeness (QED) is 0.867. The summed E-state index contributed by atoms with van der Waals surface area (Å²) < 4.78 is 1.98. The summed E-state index contributed by atoms with van der Waals surface area (Å²) in [6, 6.07) is 4.13. The first-order valence-electron chi connectivity index (χ1n) is 6.74. The molecule has 0 saturated carbocycles. The van der Waals surface area contributed by atoms with Crippen LogP contribution in [0.5, 0.6) is 0 Å². The Kier molecular flexibility index (Phi) is 2.71. The summed E-state index contributed by atoms with van der Waals surface area (Å²) in [5.74, 6) is -1.53. The molecule has 1 aromatic carbocycles. The zero-order valence-electron chi connectivity index (χ0n) is 11.9. The highest BCUT2D eigenvalue weighted by molar-refractivity contribution is 6.12. The number of rotatable bonds is 1. The average Bonchev–Trinajstić information content (AvgIpc) is 2.64. The van der Waals surface area contributed by atoms with E-state index < -0.39 is 11.9 Å². The molecule has 4 nitrogen and oxygen atoms in total. The maximum absolute atomic E-state index is 12.4. The number of carboxylic acids is 1. The van der Waals surface area contributed by atoms with Gasteiger partial charge in [-0.05, 0) is 31.0 Å². The minimum atomic E-state index is -0.887. The van der Waals surface area contributed by atoms with E-state index in [2.05, 4.69) is 12.1 Å². The first kappa shape index (κ1) is 12.9. The molecule has 4 heteroatoms. The lowest BCUT2D eigenvalue weighted by molar-refractivity contribution is -0.141. The molecule has 0 bridgehead atoms. The summed E-state index contributed by atoms with van der Waals surface area (Å²) >= 11 is 0. The highest BCUT2D eigenvalue weighted by Gasteiger charge is 2.34. The second kappa shape index (κ2) is 4.20. The van der Waals surface area contributed by atoms with Crippen LogP contribution in [0.15, 0.2) is 12.1 Å². The number of carbonyl (C=O) groups is 2. The van der Waals surface area contributed by atoms with Gasteiger partial charge in [0.1, 0.15) is 0 Å². The second-order valence-corrected chi connectivity index (χ2v) is 5.72. The average molecular weight is 271 g/mol. The molecule has 0 aliphatic heterocycles. The van der Waals surface area contributed by atoms with Crippen molar-refractivity contribution >= 4 is 22.7 Å². The molecule has 20 heavy (non-hydrogen) atoms. The van der Waals surface area contributed by atoms with Gasteiger partial charge in [-0.3, -0.25) is 9.59 Å². The normalized spacial score (nSPS) is 18.4. The first-order chi connectivity index (χ1) is 9.40. The largest absolute Gasteiger partial charge is 0.481 e. The van der Waals surface area contributed by atoms with Crippen molar-refractivity contribution in [2.24, 2.45) is 13.0 Å². The Hall–Kier alpha value is -2.10. The number of Topliss-reactive ketones (excluding diaryl/α,β-unsaturated/α-hetero) is 1. The summed E-state index contributed by atoms with van der Waals surface area (Å²) in [4.78, 5) is 23.6. The van der Waals surface area contributed by atoms with E-state index in [4.69, 9.17) is 0 Å². The molecule has 1 unspecified atom stereocenters. The third kappa shape index (κ3) is 1.68. The molecule has 1 N–H and O–H groups in total. The Balaban J connectivity index is 2.33. The Labute approximate surface area is 117 Å². The molecular formula is C16H17NO3. The van der Waals surface area contributed by atoms with Crippen LogP contribution in [0.25, 0.3) is 10.9 Å². The lowest BCUT2D eigenvalue weighted by atomic mass is 9.85. The number of aliphatic carboxylic acids is 1. The molecule has 0 amide bonds. The number of aromatic nitrogens is 1.